The van der Waals surface area contributed by atoms with E-state index in [4.69, 9.17) is 0 Å². The molecule has 0 spiro atoms. The second-order valence-electron chi connectivity index (χ2n) is 13.2. The number of nitrogens with zero attached hydrogens (tertiary/aromatic N) is 1. The van der Waals surface area contributed by atoms with Crippen molar-refractivity contribution >= 4 is 49.4 Å². The second-order valence-corrected chi connectivity index (χ2v) is 13.2. The molecule has 0 saturated carbocycles. The smallest absolute Gasteiger partial charge is 0.0553 e. The third-order valence-corrected chi connectivity index (χ3v) is 9.30. The lowest BCUT2D eigenvalue weighted by Crippen LogP contribution is -2.16. The van der Waals surface area contributed by atoms with Crippen LogP contribution in [0.2, 0.25) is 0 Å². The van der Waals surface area contributed by atoms with Gasteiger partial charge in [0.25, 0.3) is 0 Å². The summed E-state index contributed by atoms with van der Waals surface area (Å²) in [6.07, 6.45) is 0. The van der Waals surface area contributed by atoms with Crippen LogP contribution in [-0.4, -0.2) is 0 Å². The van der Waals surface area contributed by atoms with E-state index >= 15 is 0 Å². The summed E-state index contributed by atoms with van der Waals surface area (Å²) >= 11 is 0. The minimum Gasteiger partial charge on any atom is -0.309 e. The van der Waals surface area contributed by atoms with Crippen LogP contribution in [0.1, 0.15) is 43.0 Å². The summed E-state index contributed by atoms with van der Waals surface area (Å²) in [6.45, 7) is 13.7. The van der Waals surface area contributed by atoms with Crippen molar-refractivity contribution in [2.24, 2.45) is 0 Å². The van der Waals surface area contributed by atoms with Gasteiger partial charge in [-0.05, 0) is 111 Å². The van der Waals surface area contributed by atoms with Crippen LogP contribution in [0.4, 0.5) is 17.1 Å². The normalized spacial score (nSPS) is 13.0. The molecule has 0 saturated heterocycles. The van der Waals surface area contributed by atoms with Crippen LogP contribution in [0.15, 0.2) is 103 Å². The molecular weight excluding hydrogens is 506 g/mol. The Bertz CT molecular complexity index is 2170. The number of benzene rings is 7. The molecule has 0 amide bonds. The SMILES string of the molecule is Cc1cc(C)c(-c2cc3c4c(cc5cc(C(C)(C)C)cc6ccc2c4c65)N(c2ccccc2)c2ccccc2-3)c(C)c1. The van der Waals surface area contributed by atoms with Crippen LogP contribution >= 0.6 is 0 Å². The minimum atomic E-state index is 0.0554. The highest BCUT2D eigenvalue weighted by atomic mass is 15.2. The van der Waals surface area contributed by atoms with Gasteiger partial charge < -0.3 is 4.90 Å². The van der Waals surface area contributed by atoms with Crippen molar-refractivity contribution in [1.29, 1.82) is 0 Å². The lowest BCUT2D eigenvalue weighted by Gasteiger charge is -2.35. The maximum atomic E-state index is 2.48. The maximum absolute atomic E-state index is 2.48. The predicted octanol–water partition coefficient (Wildman–Crippen LogP) is 11.9. The fourth-order valence-electron chi connectivity index (χ4n) is 7.53. The molecule has 7 aromatic carbocycles. The first-order chi connectivity index (χ1) is 20.2. The predicted molar refractivity (Wildman–Crippen MR) is 182 cm³/mol. The van der Waals surface area contributed by atoms with Gasteiger partial charge in [-0.25, -0.2) is 0 Å². The van der Waals surface area contributed by atoms with Crippen LogP contribution in [0, 0.1) is 20.8 Å². The van der Waals surface area contributed by atoms with E-state index in [0.29, 0.717) is 0 Å². The molecule has 1 aliphatic heterocycles. The Morgan fingerprint density at radius 1 is 0.524 bits per heavy atom. The fraction of sp³-hybridized carbons (Fsp3) is 0.171. The zero-order valence-corrected chi connectivity index (χ0v) is 25.3. The Labute approximate surface area is 248 Å². The summed E-state index contributed by atoms with van der Waals surface area (Å²) in [4.78, 5) is 2.48. The quantitative estimate of drug-likeness (QED) is 0.197. The van der Waals surface area contributed by atoms with Gasteiger partial charge in [0.2, 0.25) is 0 Å². The lowest BCUT2D eigenvalue weighted by atomic mass is 9.79. The largest absolute Gasteiger partial charge is 0.309 e. The standard InChI is InChI=1S/C41H35N/c1-24-18-25(2)37(26(3)19-24)34-23-33-31-14-10-11-15-35(31)42(30-12-8-7-9-13-30)36-22-28-21-29(41(4,5)6)20-27-16-17-32(34)40(38(27)28)39(33)36/h7-23H,1-6H3. The van der Waals surface area contributed by atoms with E-state index in [-0.39, 0.29) is 5.41 Å². The van der Waals surface area contributed by atoms with Gasteiger partial charge in [0, 0.05) is 22.0 Å². The summed E-state index contributed by atoms with van der Waals surface area (Å²) < 4.78 is 0. The second kappa shape index (κ2) is 8.69. The molecule has 1 heteroatoms. The fourth-order valence-corrected chi connectivity index (χ4v) is 7.53. The number of para-hydroxylation sites is 2. The van der Waals surface area contributed by atoms with Gasteiger partial charge in [-0.15, -0.1) is 0 Å². The van der Waals surface area contributed by atoms with E-state index in [2.05, 4.69) is 150 Å². The van der Waals surface area contributed by atoms with Crippen LogP contribution in [0.5, 0.6) is 0 Å². The zero-order chi connectivity index (χ0) is 28.9. The molecule has 42 heavy (non-hydrogen) atoms. The molecule has 0 aromatic heterocycles. The van der Waals surface area contributed by atoms with Gasteiger partial charge >= 0.3 is 0 Å². The number of fused-ring (bicyclic) bond motifs is 2. The molecule has 0 radical (unpaired) electrons. The van der Waals surface area contributed by atoms with E-state index in [1.807, 2.05) is 0 Å². The molecule has 8 rings (SSSR count). The van der Waals surface area contributed by atoms with Gasteiger partial charge in [-0.2, -0.15) is 0 Å². The van der Waals surface area contributed by atoms with Crippen LogP contribution in [-0.2, 0) is 5.41 Å². The van der Waals surface area contributed by atoms with E-state index in [0.717, 1.165) is 0 Å². The van der Waals surface area contributed by atoms with E-state index in [9.17, 15) is 0 Å². The van der Waals surface area contributed by atoms with Crippen LogP contribution in [0.3, 0.4) is 0 Å². The van der Waals surface area contributed by atoms with E-state index < -0.39 is 0 Å². The third kappa shape index (κ3) is 3.50. The van der Waals surface area contributed by atoms with Crippen LogP contribution < -0.4 is 4.90 Å². The van der Waals surface area contributed by atoms with Gasteiger partial charge in [-0.1, -0.05) is 99.1 Å². The van der Waals surface area contributed by atoms with E-state index in [1.165, 1.54) is 93.9 Å². The van der Waals surface area contributed by atoms with Crippen molar-refractivity contribution in [1.82, 2.24) is 0 Å². The summed E-state index contributed by atoms with van der Waals surface area (Å²) in [5, 5.41) is 8.06. The Morgan fingerprint density at radius 2 is 1.21 bits per heavy atom. The Morgan fingerprint density at radius 3 is 1.95 bits per heavy atom. The molecule has 0 aliphatic carbocycles. The van der Waals surface area contributed by atoms with E-state index in [1.54, 1.807) is 0 Å². The summed E-state index contributed by atoms with van der Waals surface area (Å²) in [7, 11) is 0. The highest BCUT2D eigenvalue weighted by molar-refractivity contribution is 6.33. The minimum absolute atomic E-state index is 0.0554. The monoisotopic (exact) mass is 541 g/mol. The van der Waals surface area contributed by atoms with Crippen molar-refractivity contribution in [2.45, 2.75) is 47.0 Å². The van der Waals surface area contributed by atoms with Crippen molar-refractivity contribution in [3.05, 3.63) is 125 Å². The molecule has 0 N–H and O–H groups in total. The molecule has 0 atom stereocenters. The summed E-state index contributed by atoms with van der Waals surface area (Å²) in [5.41, 5.74) is 14.4. The molecule has 0 unspecified atom stereocenters. The van der Waals surface area contributed by atoms with Crippen molar-refractivity contribution < 1.29 is 0 Å². The molecule has 0 bridgehead atoms. The number of hydrogen-bond donors (Lipinski definition) is 0. The molecule has 1 nitrogen and oxygen atoms in total. The molecule has 0 fully saturated rings. The van der Waals surface area contributed by atoms with Crippen molar-refractivity contribution in [3.63, 3.8) is 0 Å². The number of anilines is 3. The Kier molecular flexibility index (Phi) is 5.20. The molecule has 204 valence electrons. The summed E-state index contributed by atoms with van der Waals surface area (Å²) in [6, 6.07) is 39.0. The average Bonchev–Trinajstić information content (AvgIpc) is 2.96. The molecular formula is C41H35N. The molecule has 7 aromatic rings. The highest BCUT2D eigenvalue weighted by Gasteiger charge is 2.30. The van der Waals surface area contributed by atoms with Crippen molar-refractivity contribution in [3.8, 4) is 22.3 Å². The zero-order valence-electron chi connectivity index (χ0n) is 25.3. The first-order valence-corrected chi connectivity index (χ1v) is 15.0. The Balaban J connectivity index is 1.62. The maximum Gasteiger partial charge on any atom is 0.0553 e. The number of hydrogen-bond acceptors (Lipinski definition) is 1. The number of aryl methyl sites for hydroxylation is 3. The molecule has 1 aliphatic rings. The van der Waals surface area contributed by atoms with Gasteiger partial charge in [0.1, 0.15) is 0 Å². The van der Waals surface area contributed by atoms with Crippen LogP contribution in [0.25, 0.3) is 54.6 Å². The van der Waals surface area contributed by atoms with Gasteiger partial charge in [0.05, 0.1) is 11.4 Å². The third-order valence-electron chi connectivity index (χ3n) is 9.30. The summed E-state index contributed by atoms with van der Waals surface area (Å²) in [5.74, 6) is 0. The van der Waals surface area contributed by atoms with Gasteiger partial charge in [-0.3, -0.25) is 0 Å². The topological polar surface area (TPSA) is 3.24 Å². The highest BCUT2D eigenvalue weighted by Crippen LogP contribution is 2.56. The average molecular weight is 542 g/mol. The Hall–Kier alpha value is -4.62. The first-order valence-electron chi connectivity index (χ1n) is 15.0. The number of rotatable bonds is 2. The first kappa shape index (κ1) is 25.1. The van der Waals surface area contributed by atoms with Crippen molar-refractivity contribution in [2.75, 3.05) is 4.90 Å². The van der Waals surface area contributed by atoms with Gasteiger partial charge in [0.15, 0.2) is 0 Å². The molecule has 1 heterocycles. The lowest BCUT2D eigenvalue weighted by molar-refractivity contribution is 0.591.